The molecule has 1 unspecified atom stereocenters. The molecule has 0 saturated carbocycles. The fraction of sp³-hybridized carbons (Fsp3) is 0.167. The van der Waals surface area contributed by atoms with E-state index in [-0.39, 0.29) is 6.04 Å². The largest absolute Gasteiger partial charge is 0.455 e. The normalized spacial score (nSPS) is 12.3. The lowest BCUT2D eigenvalue weighted by molar-refractivity contribution is 0.478. The first-order chi connectivity index (χ1) is 10.2. The van der Waals surface area contributed by atoms with Gasteiger partial charge in [-0.05, 0) is 37.1 Å². The number of nitrogens with two attached hydrogens (primary N) is 1. The minimum atomic E-state index is 0.0976. The Morgan fingerprint density at radius 1 is 1.00 bits per heavy atom. The number of pyridine rings is 1. The van der Waals surface area contributed by atoms with Crippen LogP contribution in [0.3, 0.4) is 0 Å². The zero-order valence-corrected chi connectivity index (χ0v) is 12.0. The number of benzene rings is 2. The van der Waals surface area contributed by atoms with E-state index in [9.17, 15) is 0 Å². The van der Waals surface area contributed by atoms with Crippen molar-refractivity contribution in [2.24, 2.45) is 5.73 Å². The van der Waals surface area contributed by atoms with E-state index in [0.29, 0.717) is 0 Å². The van der Waals surface area contributed by atoms with E-state index in [1.54, 1.807) is 6.20 Å². The molecule has 21 heavy (non-hydrogen) atoms. The maximum atomic E-state index is 6.11. The molecule has 0 aliphatic carbocycles. The van der Waals surface area contributed by atoms with Crippen molar-refractivity contribution in [2.75, 3.05) is 0 Å². The number of ether oxygens (including phenoxy) is 1. The van der Waals surface area contributed by atoms with Gasteiger partial charge in [0.2, 0.25) is 0 Å². The average molecular weight is 278 g/mol. The molecule has 2 N–H and O–H groups in total. The number of rotatable bonds is 4. The van der Waals surface area contributed by atoms with E-state index < -0.39 is 0 Å². The van der Waals surface area contributed by atoms with Gasteiger partial charge in [0.25, 0.3) is 0 Å². The molecule has 106 valence electrons. The summed E-state index contributed by atoms with van der Waals surface area (Å²) in [6.45, 7) is 2.00. The van der Waals surface area contributed by atoms with Gasteiger partial charge < -0.3 is 10.5 Å². The highest BCUT2D eigenvalue weighted by atomic mass is 16.5. The molecule has 2 aromatic carbocycles. The summed E-state index contributed by atoms with van der Waals surface area (Å²) in [5, 5.41) is 1.07. The van der Waals surface area contributed by atoms with E-state index in [0.717, 1.165) is 34.4 Å². The van der Waals surface area contributed by atoms with Crippen molar-refractivity contribution in [1.29, 1.82) is 0 Å². The number of fused-ring (bicyclic) bond motifs is 1. The maximum absolute atomic E-state index is 6.11. The van der Waals surface area contributed by atoms with Crippen molar-refractivity contribution in [1.82, 2.24) is 4.98 Å². The van der Waals surface area contributed by atoms with Crippen LogP contribution in [0.2, 0.25) is 0 Å². The summed E-state index contributed by atoms with van der Waals surface area (Å²) in [6.07, 6.45) is 2.57. The molecule has 0 aliphatic heterocycles. The van der Waals surface area contributed by atoms with Crippen LogP contribution in [0.25, 0.3) is 10.9 Å². The van der Waals surface area contributed by atoms with Gasteiger partial charge in [-0.15, -0.1) is 0 Å². The Bertz CT molecular complexity index is 748. The smallest absolute Gasteiger partial charge is 0.153 e. The Hall–Kier alpha value is -2.39. The number of hydrogen-bond donors (Lipinski definition) is 1. The third kappa shape index (κ3) is 3.03. The summed E-state index contributed by atoms with van der Waals surface area (Å²) in [5.41, 5.74) is 7.89. The summed E-state index contributed by atoms with van der Waals surface area (Å²) in [6, 6.07) is 18.0. The van der Waals surface area contributed by atoms with Gasteiger partial charge in [-0.3, -0.25) is 4.98 Å². The molecule has 0 amide bonds. The Morgan fingerprint density at radius 3 is 2.62 bits per heavy atom. The zero-order valence-electron chi connectivity index (χ0n) is 12.0. The third-order valence-electron chi connectivity index (χ3n) is 3.33. The second kappa shape index (κ2) is 5.94. The predicted octanol–water partition coefficient (Wildman–Crippen LogP) is 3.92. The van der Waals surface area contributed by atoms with Gasteiger partial charge in [0.1, 0.15) is 11.3 Å². The van der Waals surface area contributed by atoms with Crippen molar-refractivity contribution in [3.05, 3.63) is 66.4 Å². The highest BCUT2D eigenvalue weighted by molar-refractivity contribution is 5.84. The van der Waals surface area contributed by atoms with Crippen LogP contribution in [0.15, 0.2) is 60.8 Å². The van der Waals surface area contributed by atoms with Crippen LogP contribution in [0.1, 0.15) is 12.5 Å². The number of nitrogens with zero attached hydrogens (tertiary/aromatic N) is 1. The van der Waals surface area contributed by atoms with Crippen molar-refractivity contribution in [2.45, 2.75) is 19.4 Å². The van der Waals surface area contributed by atoms with Crippen molar-refractivity contribution in [3.8, 4) is 11.5 Å². The van der Waals surface area contributed by atoms with E-state index >= 15 is 0 Å². The molecular formula is C18H18N2O. The first-order valence-electron chi connectivity index (χ1n) is 7.09. The van der Waals surface area contributed by atoms with Crippen LogP contribution in [-0.2, 0) is 6.42 Å². The summed E-state index contributed by atoms with van der Waals surface area (Å²) in [5.74, 6) is 1.61. The van der Waals surface area contributed by atoms with E-state index in [4.69, 9.17) is 10.5 Å². The summed E-state index contributed by atoms with van der Waals surface area (Å²) in [7, 11) is 0. The summed E-state index contributed by atoms with van der Waals surface area (Å²) >= 11 is 0. The molecule has 3 aromatic rings. The van der Waals surface area contributed by atoms with Crippen LogP contribution < -0.4 is 10.5 Å². The number of para-hydroxylation sites is 2. The monoisotopic (exact) mass is 278 g/mol. The standard InChI is InChI=1S/C18H18N2O/c1-13(19)12-15-6-2-3-9-16(15)21-17-10-4-7-14-8-5-11-20-18(14)17/h2-11,13H,12,19H2,1H3. The maximum Gasteiger partial charge on any atom is 0.153 e. The molecular weight excluding hydrogens is 260 g/mol. The average Bonchev–Trinajstić information content (AvgIpc) is 2.49. The molecule has 0 bridgehead atoms. The van der Waals surface area contributed by atoms with Gasteiger partial charge >= 0.3 is 0 Å². The SMILES string of the molecule is CC(N)Cc1ccccc1Oc1cccc2cccnc12. The lowest BCUT2D eigenvalue weighted by Crippen LogP contribution is -2.18. The lowest BCUT2D eigenvalue weighted by Gasteiger charge is -2.13. The van der Waals surface area contributed by atoms with Crippen LogP contribution >= 0.6 is 0 Å². The first kappa shape index (κ1) is 13.6. The van der Waals surface area contributed by atoms with Crippen molar-refractivity contribution < 1.29 is 4.74 Å². The molecule has 0 fully saturated rings. The highest BCUT2D eigenvalue weighted by Crippen LogP contribution is 2.30. The Morgan fingerprint density at radius 2 is 1.76 bits per heavy atom. The fourth-order valence-corrected chi connectivity index (χ4v) is 2.40. The molecule has 0 spiro atoms. The number of aromatic nitrogens is 1. The van der Waals surface area contributed by atoms with Crippen LogP contribution in [0.5, 0.6) is 11.5 Å². The quantitative estimate of drug-likeness (QED) is 0.787. The van der Waals surface area contributed by atoms with Gasteiger partial charge in [-0.2, -0.15) is 0 Å². The van der Waals surface area contributed by atoms with Gasteiger partial charge in [-0.25, -0.2) is 0 Å². The minimum absolute atomic E-state index is 0.0976. The van der Waals surface area contributed by atoms with Crippen molar-refractivity contribution >= 4 is 10.9 Å². The van der Waals surface area contributed by atoms with Crippen LogP contribution in [-0.4, -0.2) is 11.0 Å². The van der Waals surface area contributed by atoms with Crippen molar-refractivity contribution in [3.63, 3.8) is 0 Å². The second-order valence-corrected chi connectivity index (χ2v) is 5.22. The Labute approximate surface area is 124 Å². The molecule has 1 aromatic heterocycles. The second-order valence-electron chi connectivity index (χ2n) is 5.22. The summed E-state index contributed by atoms with van der Waals surface area (Å²) in [4.78, 5) is 4.42. The zero-order chi connectivity index (χ0) is 14.7. The molecule has 0 saturated heterocycles. The topological polar surface area (TPSA) is 48.1 Å². The number of hydrogen-bond acceptors (Lipinski definition) is 3. The van der Waals surface area contributed by atoms with E-state index in [2.05, 4.69) is 11.1 Å². The molecule has 0 radical (unpaired) electrons. The summed E-state index contributed by atoms with van der Waals surface area (Å²) < 4.78 is 6.11. The Balaban J connectivity index is 1.99. The van der Waals surface area contributed by atoms with Crippen LogP contribution in [0.4, 0.5) is 0 Å². The lowest BCUT2D eigenvalue weighted by atomic mass is 10.1. The van der Waals surface area contributed by atoms with Gasteiger partial charge in [0.15, 0.2) is 5.75 Å². The predicted molar refractivity (Wildman–Crippen MR) is 85.6 cm³/mol. The highest BCUT2D eigenvalue weighted by Gasteiger charge is 2.09. The van der Waals surface area contributed by atoms with E-state index in [1.165, 1.54) is 0 Å². The minimum Gasteiger partial charge on any atom is -0.455 e. The molecule has 3 heteroatoms. The van der Waals surface area contributed by atoms with Crippen LogP contribution in [0, 0.1) is 0 Å². The molecule has 1 atom stereocenters. The van der Waals surface area contributed by atoms with Gasteiger partial charge in [-0.1, -0.05) is 36.4 Å². The fourth-order valence-electron chi connectivity index (χ4n) is 2.40. The molecule has 3 rings (SSSR count). The van der Waals surface area contributed by atoms with Gasteiger partial charge in [0, 0.05) is 17.6 Å². The molecule has 1 heterocycles. The van der Waals surface area contributed by atoms with E-state index in [1.807, 2.05) is 55.5 Å². The first-order valence-corrected chi connectivity index (χ1v) is 7.09. The molecule has 0 aliphatic rings. The Kier molecular flexibility index (Phi) is 3.84. The van der Waals surface area contributed by atoms with Gasteiger partial charge in [0.05, 0.1) is 0 Å². The molecule has 3 nitrogen and oxygen atoms in total. The third-order valence-corrected chi connectivity index (χ3v) is 3.33.